The normalized spacial score (nSPS) is 14.5. The third-order valence-electron chi connectivity index (χ3n) is 5.48. The van der Waals surface area contributed by atoms with E-state index in [9.17, 15) is 14.4 Å². The predicted octanol–water partition coefficient (Wildman–Crippen LogP) is 4.52. The first-order chi connectivity index (χ1) is 15.6. The van der Waals surface area contributed by atoms with Gasteiger partial charge < -0.3 is 24.3 Å². The minimum atomic E-state index is -0.521. The standard InChI is InChI=1S/C24H32N4O5/c1-24(2,3)33-23(31)27-15-12-19(13-16-27)28-14-6-7-20(28)21(29)25-17-8-10-18(11-9-17)26(4)22(30)32-5/h6-11,14,19H,12-13,15-16H2,1-5H3,(H,25,29). The van der Waals surface area contributed by atoms with Gasteiger partial charge in [0, 0.05) is 43.8 Å². The second kappa shape index (κ2) is 9.97. The van der Waals surface area contributed by atoms with Crippen LogP contribution in [0.5, 0.6) is 0 Å². The molecule has 0 saturated carbocycles. The molecule has 1 aliphatic heterocycles. The van der Waals surface area contributed by atoms with Crippen molar-refractivity contribution in [1.29, 1.82) is 0 Å². The van der Waals surface area contributed by atoms with Crippen molar-refractivity contribution in [1.82, 2.24) is 9.47 Å². The number of nitrogens with zero attached hydrogens (tertiary/aromatic N) is 3. The van der Waals surface area contributed by atoms with Gasteiger partial charge in [-0.15, -0.1) is 0 Å². The molecule has 1 aromatic carbocycles. The number of carbonyl (C=O) groups excluding carboxylic acids is 3. The Morgan fingerprint density at radius 1 is 1.06 bits per heavy atom. The molecule has 1 N–H and O–H groups in total. The number of aromatic nitrogens is 1. The monoisotopic (exact) mass is 456 g/mol. The van der Waals surface area contributed by atoms with E-state index < -0.39 is 11.7 Å². The zero-order chi connectivity index (χ0) is 24.2. The van der Waals surface area contributed by atoms with Gasteiger partial charge in [-0.05, 0) is 70.0 Å². The summed E-state index contributed by atoms with van der Waals surface area (Å²) in [4.78, 5) is 40.0. The smallest absolute Gasteiger partial charge is 0.413 e. The van der Waals surface area contributed by atoms with E-state index in [4.69, 9.17) is 9.47 Å². The van der Waals surface area contributed by atoms with Crippen molar-refractivity contribution in [2.45, 2.75) is 45.3 Å². The van der Waals surface area contributed by atoms with Crippen molar-refractivity contribution in [3.8, 4) is 0 Å². The zero-order valence-corrected chi connectivity index (χ0v) is 19.8. The van der Waals surface area contributed by atoms with Crippen molar-refractivity contribution in [3.63, 3.8) is 0 Å². The fourth-order valence-corrected chi connectivity index (χ4v) is 3.76. The highest BCUT2D eigenvalue weighted by atomic mass is 16.6. The van der Waals surface area contributed by atoms with Crippen LogP contribution in [0, 0.1) is 0 Å². The van der Waals surface area contributed by atoms with Crippen LogP contribution in [0.4, 0.5) is 21.0 Å². The Morgan fingerprint density at radius 3 is 2.27 bits per heavy atom. The number of rotatable bonds is 4. The Balaban J connectivity index is 1.61. The van der Waals surface area contributed by atoms with Crippen molar-refractivity contribution >= 4 is 29.5 Å². The van der Waals surface area contributed by atoms with E-state index in [2.05, 4.69) is 5.32 Å². The maximum Gasteiger partial charge on any atom is 0.413 e. The van der Waals surface area contributed by atoms with Gasteiger partial charge in [0.15, 0.2) is 0 Å². The summed E-state index contributed by atoms with van der Waals surface area (Å²) in [6.07, 6.45) is 2.61. The average Bonchev–Trinajstić information content (AvgIpc) is 3.27. The number of methoxy groups -OCH3 is 1. The molecular formula is C24H32N4O5. The number of benzene rings is 1. The van der Waals surface area contributed by atoms with Crippen molar-refractivity contribution < 1.29 is 23.9 Å². The van der Waals surface area contributed by atoms with Crippen LogP contribution in [0.3, 0.4) is 0 Å². The van der Waals surface area contributed by atoms with Gasteiger partial charge in [0.05, 0.1) is 7.11 Å². The number of likely N-dealkylation sites (tertiary alicyclic amines) is 1. The zero-order valence-electron chi connectivity index (χ0n) is 19.8. The third-order valence-corrected chi connectivity index (χ3v) is 5.48. The number of carbonyl (C=O) groups is 3. The number of hydrogen-bond acceptors (Lipinski definition) is 5. The first-order valence-corrected chi connectivity index (χ1v) is 11.0. The highest BCUT2D eigenvalue weighted by Crippen LogP contribution is 2.26. The van der Waals surface area contributed by atoms with Gasteiger partial charge in [0.25, 0.3) is 5.91 Å². The second-order valence-corrected chi connectivity index (χ2v) is 9.03. The maximum atomic E-state index is 12.9. The van der Waals surface area contributed by atoms with Gasteiger partial charge in [-0.25, -0.2) is 9.59 Å². The molecule has 0 bridgehead atoms. The molecule has 2 heterocycles. The highest BCUT2D eigenvalue weighted by molar-refractivity contribution is 6.03. The molecule has 1 aromatic heterocycles. The Labute approximate surface area is 194 Å². The van der Waals surface area contributed by atoms with Crippen LogP contribution in [0.15, 0.2) is 42.6 Å². The Morgan fingerprint density at radius 2 is 1.70 bits per heavy atom. The van der Waals surface area contributed by atoms with Crippen LogP contribution in [0.25, 0.3) is 0 Å². The summed E-state index contributed by atoms with van der Waals surface area (Å²) in [6, 6.07) is 10.7. The van der Waals surface area contributed by atoms with E-state index in [1.807, 2.05) is 37.6 Å². The van der Waals surface area contributed by atoms with Gasteiger partial charge in [0.1, 0.15) is 11.3 Å². The lowest BCUT2D eigenvalue weighted by Gasteiger charge is -2.34. The summed E-state index contributed by atoms with van der Waals surface area (Å²) in [5, 5.41) is 2.91. The molecular weight excluding hydrogens is 424 g/mol. The number of nitrogens with one attached hydrogen (secondary N) is 1. The topological polar surface area (TPSA) is 93.1 Å². The van der Waals surface area contributed by atoms with Gasteiger partial charge in [-0.2, -0.15) is 0 Å². The lowest BCUT2D eigenvalue weighted by atomic mass is 10.0. The van der Waals surface area contributed by atoms with E-state index in [0.717, 1.165) is 12.8 Å². The lowest BCUT2D eigenvalue weighted by molar-refractivity contribution is 0.0187. The molecule has 0 radical (unpaired) electrons. The van der Waals surface area contributed by atoms with Crippen LogP contribution in [-0.2, 0) is 9.47 Å². The Bertz CT molecular complexity index is 985. The average molecular weight is 457 g/mol. The number of ether oxygens (including phenoxy) is 2. The largest absolute Gasteiger partial charge is 0.452 e. The third kappa shape index (κ3) is 6.06. The maximum absolute atomic E-state index is 12.9. The molecule has 0 spiro atoms. The molecule has 33 heavy (non-hydrogen) atoms. The van der Waals surface area contributed by atoms with Crippen molar-refractivity contribution in [2.24, 2.45) is 0 Å². The van der Waals surface area contributed by atoms with Gasteiger partial charge >= 0.3 is 12.2 Å². The molecule has 178 valence electrons. The van der Waals surface area contributed by atoms with Gasteiger partial charge in [-0.3, -0.25) is 9.69 Å². The van der Waals surface area contributed by atoms with Crippen molar-refractivity contribution in [2.75, 3.05) is 37.5 Å². The summed E-state index contributed by atoms with van der Waals surface area (Å²) in [7, 11) is 2.93. The molecule has 0 atom stereocenters. The Hall–Kier alpha value is -3.49. The summed E-state index contributed by atoms with van der Waals surface area (Å²) in [5.74, 6) is -0.219. The fourth-order valence-electron chi connectivity index (χ4n) is 3.76. The molecule has 9 nitrogen and oxygen atoms in total. The first-order valence-electron chi connectivity index (χ1n) is 11.0. The summed E-state index contributed by atoms with van der Waals surface area (Å²) >= 11 is 0. The van der Waals surface area contributed by atoms with Crippen LogP contribution in [0.2, 0.25) is 0 Å². The van der Waals surface area contributed by atoms with E-state index >= 15 is 0 Å². The van der Waals surface area contributed by atoms with E-state index in [1.165, 1.54) is 12.0 Å². The number of anilines is 2. The lowest BCUT2D eigenvalue weighted by Crippen LogP contribution is -2.42. The summed E-state index contributed by atoms with van der Waals surface area (Å²) in [6.45, 7) is 6.72. The molecule has 1 fully saturated rings. The SMILES string of the molecule is COC(=O)N(C)c1ccc(NC(=O)c2cccn2C2CCN(C(=O)OC(C)(C)C)CC2)cc1. The van der Waals surface area contributed by atoms with E-state index in [1.54, 1.807) is 42.3 Å². The summed E-state index contributed by atoms with van der Waals surface area (Å²) in [5.41, 5.74) is 1.31. The molecule has 3 rings (SSSR count). The minimum Gasteiger partial charge on any atom is -0.452 e. The number of amides is 3. The van der Waals surface area contributed by atoms with Crippen LogP contribution in [-0.4, -0.2) is 60.4 Å². The molecule has 9 heteroatoms. The highest BCUT2D eigenvalue weighted by Gasteiger charge is 2.28. The first kappa shape index (κ1) is 24.2. The van der Waals surface area contributed by atoms with Crippen LogP contribution in [0.1, 0.15) is 50.1 Å². The molecule has 0 unspecified atom stereocenters. The summed E-state index contributed by atoms with van der Waals surface area (Å²) < 4.78 is 12.1. The molecule has 3 amide bonds. The van der Waals surface area contributed by atoms with Gasteiger partial charge in [-0.1, -0.05) is 0 Å². The molecule has 1 saturated heterocycles. The predicted molar refractivity (Wildman–Crippen MR) is 126 cm³/mol. The molecule has 2 aromatic rings. The van der Waals surface area contributed by atoms with Crippen LogP contribution >= 0.6 is 0 Å². The van der Waals surface area contributed by atoms with Gasteiger partial charge in [0.2, 0.25) is 0 Å². The van der Waals surface area contributed by atoms with Crippen molar-refractivity contribution in [3.05, 3.63) is 48.3 Å². The van der Waals surface area contributed by atoms with Crippen LogP contribution < -0.4 is 10.2 Å². The minimum absolute atomic E-state index is 0.121. The molecule has 1 aliphatic rings. The van der Waals surface area contributed by atoms with E-state index in [0.29, 0.717) is 30.2 Å². The second-order valence-electron chi connectivity index (χ2n) is 9.03. The number of hydrogen-bond donors (Lipinski definition) is 1. The fraction of sp³-hybridized carbons (Fsp3) is 0.458. The Kier molecular flexibility index (Phi) is 7.30. The van der Waals surface area contributed by atoms with E-state index in [-0.39, 0.29) is 18.0 Å². The quantitative estimate of drug-likeness (QED) is 0.730. The molecule has 0 aliphatic carbocycles. The number of piperidine rings is 1.